The van der Waals surface area contributed by atoms with Gasteiger partial charge in [-0.25, -0.2) is 4.98 Å². The molecule has 0 aliphatic heterocycles. The highest BCUT2D eigenvalue weighted by Gasteiger charge is 2.54. The normalized spacial score (nSPS) is 29.7. The summed E-state index contributed by atoms with van der Waals surface area (Å²) in [6.45, 7) is 0.645. The molecule has 0 radical (unpaired) electrons. The first-order valence-electron chi connectivity index (χ1n) is 10.4. The van der Waals surface area contributed by atoms with Crippen LogP contribution in [0.4, 0.5) is 11.4 Å². The lowest BCUT2D eigenvalue weighted by Gasteiger charge is -2.55. The van der Waals surface area contributed by atoms with Crippen molar-refractivity contribution in [3.63, 3.8) is 0 Å². The van der Waals surface area contributed by atoms with Crippen LogP contribution in [-0.2, 0) is 11.3 Å². The number of benzene rings is 1. The number of hydrogen-bond donors (Lipinski definition) is 2. The Bertz CT molecular complexity index is 893. The molecule has 1 aromatic heterocycles. The lowest BCUT2D eigenvalue weighted by molar-refractivity contribution is -0.140. The molecule has 0 spiro atoms. The molecule has 1 aromatic carbocycles. The number of aromatic nitrogens is 1. The fourth-order valence-corrected chi connectivity index (χ4v) is 7.02. The molecule has 4 fully saturated rings. The van der Waals surface area contributed by atoms with Crippen molar-refractivity contribution in [1.82, 2.24) is 4.98 Å². The van der Waals surface area contributed by atoms with Crippen LogP contribution in [-0.4, -0.2) is 18.0 Å². The molecule has 2 aromatic rings. The van der Waals surface area contributed by atoms with Gasteiger partial charge in [0, 0.05) is 22.8 Å². The van der Waals surface area contributed by atoms with Gasteiger partial charge in [-0.15, -0.1) is 11.3 Å². The van der Waals surface area contributed by atoms with Gasteiger partial charge in [-0.2, -0.15) is 0 Å². The zero-order chi connectivity index (χ0) is 20.0. The molecule has 154 valence electrons. The summed E-state index contributed by atoms with van der Waals surface area (Å²) in [5.41, 5.74) is 1.51. The van der Waals surface area contributed by atoms with Crippen LogP contribution in [0.15, 0.2) is 24.4 Å². The van der Waals surface area contributed by atoms with E-state index in [1.54, 1.807) is 13.3 Å². The SMILES string of the molecule is COc1cc(NCc2cnc(Cl)s2)ccc1NC(=O)C12CC3CC(CC(C3)C1)C2. The summed E-state index contributed by atoms with van der Waals surface area (Å²) >= 11 is 7.35. The zero-order valence-corrected chi connectivity index (χ0v) is 18.1. The second-order valence-corrected chi connectivity index (χ2v) is 10.7. The van der Waals surface area contributed by atoms with Crippen molar-refractivity contribution in [2.45, 2.75) is 45.1 Å². The molecular formula is C22H26ClN3O2S. The van der Waals surface area contributed by atoms with Crippen molar-refractivity contribution in [3.05, 3.63) is 33.7 Å². The second kappa shape index (κ2) is 7.47. The number of nitrogens with zero attached hydrogens (tertiary/aromatic N) is 1. The Balaban J connectivity index is 1.29. The summed E-state index contributed by atoms with van der Waals surface area (Å²) in [6, 6.07) is 5.83. The van der Waals surface area contributed by atoms with Crippen molar-refractivity contribution < 1.29 is 9.53 Å². The zero-order valence-electron chi connectivity index (χ0n) is 16.5. The molecule has 7 heteroatoms. The number of thiazole rings is 1. The minimum absolute atomic E-state index is 0.165. The number of ether oxygens (including phenoxy) is 1. The Morgan fingerprint density at radius 1 is 1.24 bits per heavy atom. The molecule has 29 heavy (non-hydrogen) atoms. The number of anilines is 2. The Morgan fingerprint density at radius 3 is 2.52 bits per heavy atom. The van der Waals surface area contributed by atoms with E-state index in [0.717, 1.165) is 53.3 Å². The van der Waals surface area contributed by atoms with Crippen LogP contribution in [0.25, 0.3) is 0 Å². The average molecular weight is 432 g/mol. The number of hydrogen-bond acceptors (Lipinski definition) is 5. The van der Waals surface area contributed by atoms with Gasteiger partial charge in [0.15, 0.2) is 4.47 Å². The molecule has 4 aliphatic carbocycles. The maximum atomic E-state index is 13.3. The summed E-state index contributed by atoms with van der Waals surface area (Å²) in [5, 5.41) is 6.56. The molecule has 1 heterocycles. The Labute approximate surface area is 180 Å². The van der Waals surface area contributed by atoms with Gasteiger partial charge in [0.05, 0.1) is 24.8 Å². The number of methoxy groups -OCH3 is 1. The first-order valence-corrected chi connectivity index (χ1v) is 11.6. The number of halogens is 1. The monoisotopic (exact) mass is 431 g/mol. The Morgan fingerprint density at radius 2 is 1.93 bits per heavy atom. The van der Waals surface area contributed by atoms with Gasteiger partial charge >= 0.3 is 0 Å². The van der Waals surface area contributed by atoms with E-state index in [-0.39, 0.29) is 11.3 Å². The highest BCUT2D eigenvalue weighted by Crippen LogP contribution is 2.60. The second-order valence-electron chi connectivity index (χ2n) is 9.00. The minimum Gasteiger partial charge on any atom is -0.494 e. The number of rotatable bonds is 6. The van der Waals surface area contributed by atoms with Crippen molar-refractivity contribution in [3.8, 4) is 5.75 Å². The van der Waals surface area contributed by atoms with Crippen molar-refractivity contribution in [2.24, 2.45) is 23.2 Å². The topological polar surface area (TPSA) is 63.2 Å². The molecule has 4 saturated carbocycles. The van der Waals surface area contributed by atoms with Crippen LogP contribution in [0.2, 0.25) is 4.47 Å². The first-order chi connectivity index (χ1) is 14.0. The average Bonchev–Trinajstić information content (AvgIpc) is 3.11. The number of nitrogens with one attached hydrogen (secondary N) is 2. The summed E-state index contributed by atoms with van der Waals surface area (Å²) in [7, 11) is 1.64. The number of amides is 1. The van der Waals surface area contributed by atoms with Gasteiger partial charge in [-0.05, 0) is 68.4 Å². The lowest BCUT2D eigenvalue weighted by atomic mass is 9.49. The van der Waals surface area contributed by atoms with E-state index >= 15 is 0 Å². The predicted octanol–water partition coefficient (Wildman–Crippen LogP) is 5.57. The molecule has 0 unspecified atom stereocenters. The molecule has 4 aliphatic rings. The third kappa shape index (κ3) is 3.73. The van der Waals surface area contributed by atoms with Gasteiger partial charge in [0.25, 0.3) is 0 Å². The molecule has 0 saturated heterocycles. The number of carbonyl (C=O) groups excluding carboxylic acids is 1. The Kier molecular flexibility index (Phi) is 4.95. The summed E-state index contributed by atoms with van der Waals surface area (Å²) < 4.78 is 6.12. The molecule has 1 amide bonds. The van der Waals surface area contributed by atoms with Crippen molar-refractivity contribution in [2.75, 3.05) is 17.7 Å². The molecule has 0 atom stereocenters. The molecular weight excluding hydrogens is 406 g/mol. The van der Waals surface area contributed by atoms with Crippen LogP contribution in [0.3, 0.4) is 0 Å². The Hall–Kier alpha value is -1.79. The third-order valence-electron chi connectivity index (χ3n) is 6.96. The van der Waals surface area contributed by atoms with Gasteiger partial charge in [0.2, 0.25) is 5.91 Å². The van der Waals surface area contributed by atoms with Crippen molar-refractivity contribution in [1.29, 1.82) is 0 Å². The minimum atomic E-state index is -0.165. The van der Waals surface area contributed by atoms with Gasteiger partial charge in [-0.1, -0.05) is 11.6 Å². The molecule has 4 bridgehead atoms. The summed E-state index contributed by atoms with van der Waals surface area (Å²) in [6.07, 6.45) is 8.96. The smallest absolute Gasteiger partial charge is 0.230 e. The largest absolute Gasteiger partial charge is 0.494 e. The van der Waals surface area contributed by atoms with Crippen LogP contribution < -0.4 is 15.4 Å². The van der Waals surface area contributed by atoms with E-state index < -0.39 is 0 Å². The highest BCUT2D eigenvalue weighted by atomic mass is 35.5. The fourth-order valence-electron chi connectivity index (χ4n) is 6.10. The standard InChI is InChI=1S/C22H26ClN3O2S/c1-28-19-7-16(24-11-17-12-25-21(23)29-17)2-3-18(19)26-20(27)22-8-13-4-14(9-22)6-15(5-13)10-22/h2-3,7,12-15,24H,4-6,8-11H2,1H3,(H,26,27). The van der Waals surface area contributed by atoms with E-state index in [2.05, 4.69) is 15.6 Å². The van der Waals surface area contributed by atoms with Gasteiger partial charge in [-0.3, -0.25) is 4.79 Å². The highest BCUT2D eigenvalue weighted by molar-refractivity contribution is 7.15. The fraction of sp³-hybridized carbons (Fsp3) is 0.545. The predicted molar refractivity (Wildman–Crippen MR) is 117 cm³/mol. The van der Waals surface area contributed by atoms with Crippen LogP contribution in [0, 0.1) is 23.2 Å². The maximum absolute atomic E-state index is 13.3. The van der Waals surface area contributed by atoms with Crippen LogP contribution in [0.5, 0.6) is 5.75 Å². The van der Waals surface area contributed by atoms with Crippen LogP contribution in [0.1, 0.15) is 43.4 Å². The van der Waals surface area contributed by atoms with E-state index in [1.165, 1.54) is 30.6 Å². The van der Waals surface area contributed by atoms with Crippen LogP contribution >= 0.6 is 22.9 Å². The molecule has 6 rings (SSSR count). The number of carbonyl (C=O) groups is 1. The summed E-state index contributed by atoms with van der Waals surface area (Å²) in [4.78, 5) is 18.5. The molecule has 2 N–H and O–H groups in total. The quantitative estimate of drug-likeness (QED) is 0.627. The van der Waals surface area contributed by atoms with Gasteiger partial charge < -0.3 is 15.4 Å². The lowest BCUT2D eigenvalue weighted by Crippen LogP contribution is -2.51. The summed E-state index contributed by atoms with van der Waals surface area (Å²) in [5.74, 6) is 3.12. The van der Waals surface area contributed by atoms with Crippen molar-refractivity contribution >= 4 is 40.2 Å². The van der Waals surface area contributed by atoms with E-state index in [4.69, 9.17) is 16.3 Å². The first kappa shape index (κ1) is 19.2. The third-order valence-corrected chi connectivity index (χ3v) is 8.08. The van der Waals surface area contributed by atoms with E-state index in [9.17, 15) is 4.79 Å². The maximum Gasteiger partial charge on any atom is 0.230 e. The van der Waals surface area contributed by atoms with Gasteiger partial charge in [0.1, 0.15) is 5.75 Å². The van der Waals surface area contributed by atoms with E-state index in [0.29, 0.717) is 16.8 Å². The van der Waals surface area contributed by atoms with E-state index in [1.807, 2.05) is 18.2 Å². The molecule has 5 nitrogen and oxygen atoms in total.